The Balaban J connectivity index is 2.22. The normalized spacial score (nSPS) is 16.8. The van der Waals surface area contributed by atoms with Gasteiger partial charge in [0.15, 0.2) is 5.75 Å². The highest BCUT2D eigenvalue weighted by Gasteiger charge is 2.17. The standard InChI is InChI=1S/C13H9NO/c1-2-6-10-11-7-4-5-9-13(11)15-14-12(10)8-3-1/h1-9H. The lowest BCUT2D eigenvalue weighted by atomic mass is 9.99. The fourth-order valence-electron chi connectivity index (χ4n) is 1.71. The number of oxime groups is 1. The van der Waals surface area contributed by atoms with Crippen LogP contribution < -0.4 is 4.84 Å². The first-order chi connectivity index (χ1) is 7.45. The van der Waals surface area contributed by atoms with Gasteiger partial charge in [-0.15, -0.1) is 0 Å². The summed E-state index contributed by atoms with van der Waals surface area (Å²) < 4.78 is 0. The van der Waals surface area contributed by atoms with E-state index >= 15 is 0 Å². The minimum atomic E-state index is 0.816. The van der Waals surface area contributed by atoms with Gasteiger partial charge in [-0.2, -0.15) is 0 Å². The maximum atomic E-state index is 5.32. The summed E-state index contributed by atoms with van der Waals surface area (Å²) in [7, 11) is 0. The first-order valence-corrected chi connectivity index (χ1v) is 4.85. The molecule has 1 aliphatic carbocycles. The van der Waals surface area contributed by atoms with Crippen LogP contribution in [0.25, 0.3) is 5.57 Å². The molecular formula is C13H9NO. The molecule has 0 saturated heterocycles. The van der Waals surface area contributed by atoms with Crippen LogP contribution in [0.4, 0.5) is 0 Å². The lowest BCUT2D eigenvalue weighted by molar-refractivity contribution is 0.338. The van der Waals surface area contributed by atoms with Gasteiger partial charge in [-0.3, -0.25) is 0 Å². The Morgan fingerprint density at radius 2 is 1.93 bits per heavy atom. The van der Waals surface area contributed by atoms with E-state index in [1.165, 1.54) is 0 Å². The van der Waals surface area contributed by atoms with Gasteiger partial charge in [-0.25, -0.2) is 0 Å². The number of hydrogen-bond donors (Lipinski definition) is 0. The molecule has 1 heterocycles. The van der Waals surface area contributed by atoms with E-state index in [0.717, 1.165) is 22.6 Å². The van der Waals surface area contributed by atoms with E-state index in [2.05, 4.69) is 11.2 Å². The monoisotopic (exact) mass is 195 g/mol. The van der Waals surface area contributed by atoms with Crippen molar-refractivity contribution >= 4 is 11.3 Å². The Kier molecular flexibility index (Phi) is 1.78. The van der Waals surface area contributed by atoms with E-state index in [1.54, 1.807) is 0 Å². The molecule has 15 heavy (non-hydrogen) atoms. The van der Waals surface area contributed by atoms with Gasteiger partial charge in [0.2, 0.25) is 0 Å². The van der Waals surface area contributed by atoms with Crippen LogP contribution in [-0.4, -0.2) is 5.71 Å². The van der Waals surface area contributed by atoms with Crippen LogP contribution in [0, 0.1) is 0 Å². The third-order valence-corrected chi connectivity index (χ3v) is 2.43. The van der Waals surface area contributed by atoms with E-state index in [9.17, 15) is 0 Å². The second kappa shape index (κ2) is 3.24. The zero-order valence-electron chi connectivity index (χ0n) is 8.05. The molecule has 0 unspecified atom stereocenters. The van der Waals surface area contributed by atoms with Crippen molar-refractivity contribution in [1.82, 2.24) is 0 Å². The highest BCUT2D eigenvalue weighted by Crippen LogP contribution is 2.31. The summed E-state index contributed by atoms with van der Waals surface area (Å²) in [5, 5.41) is 4.07. The summed E-state index contributed by atoms with van der Waals surface area (Å²) in [6.07, 6.45) is 9.96. The Bertz CT molecular complexity index is 521. The average Bonchev–Trinajstić information content (AvgIpc) is 2.54. The van der Waals surface area contributed by atoms with Crippen LogP contribution >= 0.6 is 0 Å². The van der Waals surface area contributed by atoms with Gasteiger partial charge in [0.05, 0.1) is 0 Å². The van der Waals surface area contributed by atoms with E-state index in [-0.39, 0.29) is 0 Å². The molecule has 0 radical (unpaired) electrons. The van der Waals surface area contributed by atoms with Crippen molar-refractivity contribution in [2.75, 3.05) is 0 Å². The molecular weight excluding hydrogens is 186 g/mol. The van der Waals surface area contributed by atoms with Gasteiger partial charge in [-0.1, -0.05) is 47.7 Å². The molecule has 0 N–H and O–H groups in total. The number of para-hydroxylation sites is 1. The maximum Gasteiger partial charge on any atom is 0.165 e. The van der Waals surface area contributed by atoms with Gasteiger partial charge < -0.3 is 4.84 Å². The topological polar surface area (TPSA) is 21.6 Å². The first kappa shape index (κ1) is 8.24. The predicted octanol–water partition coefficient (Wildman–Crippen LogP) is 2.94. The van der Waals surface area contributed by atoms with Crippen LogP contribution in [0.1, 0.15) is 5.56 Å². The third-order valence-electron chi connectivity index (χ3n) is 2.43. The Labute approximate surface area is 87.9 Å². The second-order valence-electron chi connectivity index (χ2n) is 3.39. The van der Waals surface area contributed by atoms with Crippen LogP contribution in [0.5, 0.6) is 5.75 Å². The molecule has 1 aromatic rings. The van der Waals surface area contributed by atoms with Gasteiger partial charge in [-0.05, 0) is 12.1 Å². The second-order valence-corrected chi connectivity index (χ2v) is 3.39. The first-order valence-electron chi connectivity index (χ1n) is 4.85. The lowest BCUT2D eigenvalue weighted by Crippen LogP contribution is -2.07. The van der Waals surface area contributed by atoms with E-state index < -0.39 is 0 Å². The number of fused-ring (bicyclic) bond motifs is 3. The molecule has 0 aromatic heterocycles. The molecule has 2 nitrogen and oxygen atoms in total. The molecule has 1 aromatic carbocycles. The van der Waals surface area contributed by atoms with Crippen LogP contribution in [0.3, 0.4) is 0 Å². The van der Waals surface area contributed by atoms with Gasteiger partial charge in [0.1, 0.15) is 5.71 Å². The van der Waals surface area contributed by atoms with Gasteiger partial charge >= 0.3 is 0 Å². The molecule has 0 saturated carbocycles. The number of allylic oxidation sites excluding steroid dienone is 6. The van der Waals surface area contributed by atoms with E-state index in [1.807, 2.05) is 48.6 Å². The third kappa shape index (κ3) is 1.31. The Hall–Kier alpha value is -2.09. The molecule has 0 atom stereocenters. The molecule has 0 bridgehead atoms. The molecule has 0 spiro atoms. The summed E-state index contributed by atoms with van der Waals surface area (Å²) in [5.41, 5.74) is 3.08. The van der Waals surface area contributed by atoms with Crippen LogP contribution in [0.15, 0.2) is 59.8 Å². The fourth-order valence-corrected chi connectivity index (χ4v) is 1.71. The van der Waals surface area contributed by atoms with Crippen LogP contribution in [0.2, 0.25) is 0 Å². The fraction of sp³-hybridized carbons (Fsp3) is 0. The number of rotatable bonds is 0. The van der Waals surface area contributed by atoms with Crippen LogP contribution in [-0.2, 0) is 0 Å². The molecule has 72 valence electrons. The minimum absolute atomic E-state index is 0.816. The van der Waals surface area contributed by atoms with Crippen molar-refractivity contribution in [3.05, 3.63) is 60.2 Å². The summed E-state index contributed by atoms with van der Waals surface area (Å²) in [5.74, 6) is 0.816. The van der Waals surface area contributed by atoms with Gasteiger partial charge in [0, 0.05) is 11.1 Å². The molecule has 0 fully saturated rings. The quantitative estimate of drug-likeness (QED) is 0.623. The number of benzene rings is 1. The zero-order valence-corrected chi connectivity index (χ0v) is 8.05. The van der Waals surface area contributed by atoms with Gasteiger partial charge in [0.25, 0.3) is 0 Å². The largest absolute Gasteiger partial charge is 0.356 e. The lowest BCUT2D eigenvalue weighted by Gasteiger charge is -2.15. The highest BCUT2D eigenvalue weighted by atomic mass is 16.6. The summed E-state index contributed by atoms with van der Waals surface area (Å²) in [6.45, 7) is 0. The molecule has 1 aliphatic heterocycles. The molecule has 3 rings (SSSR count). The Morgan fingerprint density at radius 1 is 1.00 bits per heavy atom. The molecule has 2 heteroatoms. The zero-order chi connectivity index (χ0) is 10.1. The summed E-state index contributed by atoms with van der Waals surface area (Å²) in [6, 6.07) is 7.92. The van der Waals surface area contributed by atoms with Crippen molar-refractivity contribution in [2.45, 2.75) is 0 Å². The van der Waals surface area contributed by atoms with E-state index in [4.69, 9.17) is 4.84 Å². The Morgan fingerprint density at radius 3 is 2.93 bits per heavy atom. The number of nitrogens with zero attached hydrogens (tertiary/aromatic N) is 1. The summed E-state index contributed by atoms with van der Waals surface area (Å²) >= 11 is 0. The maximum absolute atomic E-state index is 5.32. The van der Waals surface area contributed by atoms with Crippen molar-refractivity contribution < 1.29 is 4.84 Å². The minimum Gasteiger partial charge on any atom is -0.356 e. The predicted molar refractivity (Wildman–Crippen MR) is 60.8 cm³/mol. The van der Waals surface area contributed by atoms with Crippen molar-refractivity contribution in [1.29, 1.82) is 0 Å². The SMILES string of the molecule is C1=CC=C2C(=NOc3ccccc32)C=C1. The summed E-state index contributed by atoms with van der Waals surface area (Å²) in [4.78, 5) is 5.32. The van der Waals surface area contributed by atoms with Crippen molar-refractivity contribution in [3.63, 3.8) is 0 Å². The highest BCUT2D eigenvalue weighted by molar-refractivity contribution is 6.30. The number of hydrogen-bond acceptors (Lipinski definition) is 2. The smallest absolute Gasteiger partial charge is 0.165 e. The average molecular weight is 195 g/mol. The molecule has 0 amide bonds. The molecule has 2 aliphatic rings. The van der Waals surface area contributed by atoms with Crippen molar-refractivity contribution in [3.8, 4) is 5.75 Å². The van der Waals surface area contributed by atoms with Crippen molar-refractivity contribution in [2.24, 2.45) is 5.16 Å². The van der Waals surface area contributed by atoms with E-state index in [0.29, 0.717) is 0 Å².